The lowest BCUT2D eigenvalue weighted by Crippen LogP contribution is -2.66. The fraction of sp³-hybridized carbons (Fsp3) is 0.289. The molecule has 3 aromatic carbocycles. The van der Waals surface area contributed by atoms with E-state index in [1.807, 2.05) is 24.5 Å². The van der Waals surface area contributed by atoms with Gasteiger partial charge in [0.25, 0.3) is 0 Å². The van der Waals surface area contributed by atoms with Crippen LogP contribution in [0.3, 0.4) is 0 Å². The molecule has 1 spiro atoms. The highest BCUT2D eigenvalue weighted by molar-refractivity contribution is 5.78. The third-order valence-corrected chi connectivity index (χ3v) is 12.4. The predicted molar refractivity (Wildman–Crippen MR) is 204 cm³/mol. The Labute approximate surface area is 309 Å². The zero-order chi connectivity index (χ0) is 35.7. The fourth-order valence-electron chi connectivity index (χ4n) is 9.77. The molecule has 7 heterocycles. The van der Waals surface area contributed by atoms with Crippen LogP contribution in [0, 0.1) is 0 Å². The number of aromatic nitrogens is 7. The topological polar surface area (TPSA) is 73.5 Å². The monoisotopic (exact) mass is 697 g/mol. The van der Waals surface area contributed by atoms with Gasteiger partial charge >= 0.3 is 5.65 Å². The predicted octanol–water partition coefficient (Wildman–Crippen LogP) is 8.32. The molecule has 0 saturated heterocycles. The minimum atomic E-state index is -0.495. The molecule has 1 atom stereocenters. The van der Waals surface area contributed by atoms with E-state index in [2.05, 4.69) is 120 Å². The van der Waals surface area contributed by atoms with E-state index in [0.29, 0.717) is 6.54 Å². The molecule has 1 unspecified atom stereocenters. The number of fused-ring (bicyclic) bond motifs is 12. The van der Waals surface area contributed by atoms with E-state index < -0.39 is 11.0 Å². The Balaban J connectivity index is 1.29. The first-order valence-electron chi connectivity index (χ1n) is 19.2. The van der Waals surface area contributed by atoms with E-state index in [-0.39, 0.29) is 0 Å². The molecule has 53 heavy (non-hydrogen) atoms. The SMILES string of the molecule is CCCCc1cccc2c1Cc1ccc3c(c1O2)-c1cnc2cccnc2[n+]1CC31C[n+]2ccccc2-c2nc(-c3ccccc3)nn2C1(CC)CC. The van der Waals surface area contributed by atoms with Crippen molar-refractivity contribution in [3.63, 3.8) is 0 Å². The maximum absolute atomic E-state index is 7.16. The molecule has 0 radical (unpaired) electrons. The first-order chi connectivity index (χ1) is 26.1. The normalized spacial score (nSPS) is 17.5. The van der Waals surface area contributed by atoms with Crippen molar-refractivity contribution in [1.29, 1.82) is 0 Å². The third-order valence-electron chi connectivity index (χ3n) is 12.4. The summed E-state index contributed by atoms with van der Waals surface area (Å²) >= 11 is 0. The van der Waals surface area contributed by atoms with Gasteiger partial charge in [-0.05, 0) is 66.1 Å². The Kier molecular flexibility index (Phi) is 7.32. The van der Waals surface area contributed by atoms with Crippen molar-refractivity contribution in [2.75, 3.05) is 0 Å². The molecule has 3 aliphatic rings. The Morgan fingerprint density at radius 1 is 0.830 bits per heavy atom. The summed E-state index contributed by atoms with van der Waals surface area (Å²) in [6.07, 6.45) is 12.0. The van der Waals surface area contributed by atoms with E-state index >= 15 is 0 Å². The van der Waals surface area contributed by atoms with Crippen molar-refractivity contribution < 1.29 is 13.9 Å². The highest BCUT2D eigenvalue weighted by Crippen LogP contribution is 2.56. The van der Waals surface area contributed by atoms with Gasteiger partial charge in [0.2, 0.25) is 11.5 Å². The highest BCUT2D eigenvalue weighted by Gasteiger charge is 2.63. The zero-order valence-corrected chi connectivity index (χ0v) is 30.6. The van der Waals surface area contributed by atoms with Crippen molar-refractivity contribution in [1.82, 2.24) is 24.7 Å². The molecule has 10 rings (SSSR count). The van der Waals surface area contributed by atoms with Crippen LogP contribution in [0.2, 0.25) is 0 Å². The molecular formula is C45H43N7O+2. The molecule has 0 amide bonds. The van der Waals surface area contributed by atoms with E-state index in [0.717, 1.165) is 102 Å². The van der Waals surface area contributed by atoms with Crippen molar-refractivity contribution in [2.45, 2.75) is 83.3 Å². The molecule has 0 fully saturated rings. The van der Waals surface area contributed by atoms with Crippen molar-refractivity contribution in [3.8, 4) is 45.7 Å². The molecule has 3 aliphatic heterocycles. The van der Waals surface area contributed by atoms with Crippen molar-refractivity contribution in [2.24, 2.45) is 0 Å². The van der Waals surface area contributed by atoms with Crippen molar-refractivity contribution >= 4 is 11.2 Å². The van der Waals surface area contributed by atoms with Gasteiger partial charge in [-0.15, -0.1) is 5.10 Å². The molecule has 8 nitrogen and oxygen atoms in total. The Hall–Kier alpha value is -5.76. The van der Waals surface area contributed by atoms with Crippen molar-refractivity contribution in [3.05, 3.63) is 132 Å². The number of hydrogen-bond donors (Lipinski definition) is 0. The minimum absolute atomic E-state index is 0.480. The first-order valence-corrected chi connectivity index (χ1v) is 19.2. The van der Waals surface area contributed by atoms with Gasteiger partial charge in [-0.1, -0.05) is 81.8 Å². The molecule has 7 aromatic rings. The fourth-order valence-corrected chi connectivity index (χ4v) is 9.77. The molecule has 0 aliphatic carbocycles. The van der Waals surface area contributed by atoms with Gasteiger partial charge in [-0.25, -0.2) is 19.2 Å². The summed E-state index contributed by atoms with van der Waals surface area (Å²) in [5, 5.41) is 5.49. The molecule has 8 heteroatoms. The average molecular weight is 698 g/mol. The van der Waals surface area contributed by atoms with Crippen LogP contribution in [0.15, 0.2) is 110 Å². The number of rotatable bonds is 6. The number of aryl methyl sites for hydroxylation is 1. The molecule has 0 N–H and O–H groups in total. The lowest BCUT2D eigenvalue weighted by atomic mass is 9.59. The second kappa shape index (κ2) is 12.2. The van der Waals surface area contributed by atoms with Gasteiger partial charge in [0, 0.05) is 35.2 Å². The van der Waals surface area contributed by atoms with E-state index in [4.69, 9.17) is 24.8 Å². The lowest BCUT2D eigenvalue weighted by molar-refractivity contribution is -0.726. The lowest BCUT2D eigenvalue weighted by Gasteiger charge is -2.49. The van der Waals surface area contributed by atoms with Gasteiger partial charge in [0.05, 0.1) is 17.3 Å². The largest absolute Gasteiger partial charge is 0.456 e. The van der Waals surface area contributed by atoms with Gasteiger partial charge in [-0.2, -0.15) is 4.57 Å². The summed E-state index contributed by atoms with van der Waals surface area (Å²) in [6.45, 7) is 8.32. The summed E-state index contributed by atoms with van der Waals surface area (Å²) < 4.78 is 14.3. The number of ether oxygens (including phenoxy) is 1. The molecule has 262 valence electrons. The van der Waals surface area contributed by atoms with E-state index in [9.17, 15) is 0 Å². The van der Waals surface area contributed by atoms with Crippen LogP contribution in [-0.4, -0.2) is 24.7 Å². The number of benzene rings is 3. The quantitative estimate of drug-likeness (QED) is 0.164. The highest BCUT2D eigenvalue weighted by atomic mass is 16.5. The molecular weight excluding hydrogens is 655 g/mol. The van der Waals surface area contributed by atoms with Crippen LogP contribution in [0.1, 0.15) is 68.7 Å². The van der Waals surface area contributed by atoms with Crippen LogP contribution in [0.25, 0.3) is 45.3 Å². The van der Waals surface area contributed by atoms with Crippen LogP contribution in [-0.2, 0) is 36.9 Å². The summed E-state index contributed by atoms with van der Waals surface area (Å²) in [5.41, 5.74) is 10.1. The third kappa shape index (κ3) is 4.54. The summed E-state index contributed by atoms with van der Waals surface area (Å²) in [7, 11) is 0. The number of hydrogen-bond acceptors (Lipinski definition) is 5. The van der Waals surface area contributed by atoms with Crippen LogP contribution in [0.4, 0.5) is 0 Å². The Morgan fingerprint density at radius 2 is 1.70 bits per heavy atom. The summed E-state index contributed by atoms with van der Waals surface area (Å²) in [4.78, 5) is 15.4. The number of nitrogens with zero attached hydrogens (tertiary/aromatic N) is 7. The van der Waals surface area contributed by atoms with E-state index in [1.165, 1.54) is 22.3 Å². The minimum Gasteiger partial charge on any atom is -0.456 e. The second-order valence-corrected chi connectivity index (χ2v) is 14.9. The van der Waals surface area contributed by atoms with Gasteiger partial charge < -0.3 is 4.74 Å². The molecule has 4 aromatic heterocycles. The number of pyridine rings is 2. The standard InChI is InChI=1S/C45H43N7O/c1-4-7-15-30-18-13-21-38-33(30)26-32-22-23-34-39(40(32)53-38)37-27-47-35-19-14-24-46-42(35)51(37)29-44(34)28-50-25-12-11-20-36(50)43-48-41(31-16-9-8-10-17-31)49-52(43)45(44,5-2)6-3/h8-14,16-25,27H,4-7,15,26,28-29H2,1-3H3/q+2. The van der Waals surface area contributed by atoms with Gasteiger partial charge in [0.1, 0.15) is 29.7 Å². The van der Waals surface area contributed by atoms with E-state index in [1.54, 1.807) is 0 Å². The summed E-state index contributed by atoms with van der Waals surface area (Å²) in [6, 6.07) is 32.2. The molecule has 0 saturated carbocycles. The van der Waals surface area contributed by atoms with Crippen LogP contribution in [0.5, 0.6) is 11.5 Å². The average Bonchev–Trinajstić information content (AvgIpc) is 3.62. The zero-order valence-electron chi connectivity index (χ0n) is 30.6. The molecule has 0 bridgehead atoms. The maximum atomic E-state index is 7.16. The Bertz CT molecular complexity index is 2560. The summed E-state index contributed by atoms with van der Waals surface area (Å²) in [5.74, 6) is 3.52. The smallest absolute Gasteiger partial charge is 0.349 e. The van der Waals surface area contributed by atoms with Crippen LogP contribution >= 0.6 is 0 Å². The van der Waals surface area contributed by atoms with Crippen LogP contribution < -0.4 is 13.9 Å². The second-order valence-electron chi connectivity index (χ2n) is 14.9. The number of unbranched alkanes of at least 4 members (excludes halogenated alkanes) is 1. The maximum Gasteiger partial charge on any atom is 0.349 e. The van der Waals surface area contributed by atoms with Gasteiger partial charge in [0.15, 0.2) is 29.8 Å². The first kappa shape index (κ1) is 31.9. The van der Waals surface area contributed by atoms with Gasteiger partial charge in [-0.3, -0.25) is 0 Å². The Morgan fingerprint density at radius 3 is 2.55 bits per heavy atom.